The first kappa shape index (κ1) is 12.3. The van der Waals surface area contributed by atoms with Crippen LogP contribution in [0, 0.1) is 0 Å². The van der Waals surface area contributed by atoms with Gasteiger partial charge in [-0.3, -0.25) is 0 Å². The largest absolute Gasteiger partial charge is 0.495 e. The Balaban J connectivity index is 2.74. The van der Waals surface area contributed by atoms with Crippen molar-refractivity contribution in [2.45, 2.75) is 26.3 Å². The third-order valence-electron chi connectivity index (χ3n) is 2.99. The lowest BCUT2D eigenvalue weighted by Gasteiger charge is -2.05. The van der Waals surface area contributed by atoms with Crippen LogP contribution in [0.3, 0.4) is 0 Å². The van der Waals surface area contributed by atoms with E-state index in [1.807, 2.05) is 12.1 Å². The molecule has 0 saturated carbocycles. The number of halogens is 1. The fourth-order valence-electron chi connectivity index (χ4n) is 2.14. The van der Waals surface area contributed by atoms with E-state index in [-0.39, 0.29) is 0 Å². The fourth-order valence-corrected chi connectivity index (χ4v) is 2.38. The third-order valence-corrected chi connectivity index (χ3v) is 3.29. The van der Waals surface area contributed by atoms with Crippen LogP contribution in [0.15, 0.2) is 12.1 Å². The Morgan fingerprint density at radius 2 is 2.12 bits per heavy atom. The van der Waals surface area contributed by atoms with E-state index in [4.69, 9.17) is 22.1 Å². The number of fused-ring (bicyclic) bond motifs is 1. The highest BCUT2D eigenvalue weighted by atomic mass is 35.5. The van der Waals surface area contributed by atoms with E-state index in [0.29, 0.717) is 23.2 Å². The zero-order valence-electron chi connectivity index (χ0n) is 10.3. The summed E-state index contributed by atoms with van der Waals surface area (Å²) in [6.07, 6.45) is 0. The monoisotopic (exact) mass is 252 g/mol. The van der Waals surface area contributed by atoms with Crippen LogP contribution < -0.4 is 10.5 Å². The Hall–Kier alpha value is -1.19. The molecule has 17 heavy (non-hydrogen) atoms. The number of aromatic amines is 1. The summed E-state index contributed by atoms with van der Waals surface area (Å²) >= 11 is 6.11. The van der Waals surface area contributed by atoms with Gasteiger partial charge < -0.3 is 15.5 Å². The molecule has 0 aliphatic carbocycles. The van der Waals surface area contributed by atoms with Crippen LogP contribution in [0.25, 0.3) is 10.9 Å². The number of H-pyrrole nitrogens is 1. The summed E-state index contributed by atoms with van der Waals surface area (Å²) in [6, 6.07) is 3.84. The van der Waals surface area contributed by atoms with E-state index in [9.17, 15) is 0 Å². The molecule has 0 unspecified atom stereocenters. The number of aromatic nitrogens is 1. The molecule has 0 saturated heterocycles. The van der Waals surface area contributed by atoms with E-state index in [1.54, 1.807) is 7.11 Å². The maximum atomic E-state index is 6.11. The highest BCUT2D eigenvalue weighted by molar-refractivity contribution is 6.32. The number of ether oxygens (including phenoxy) is 1. The van der Waals surface area contributed by atoms with Crippen molar-refractivity contribution in [3.8, 4) is 5.75 Å². The molecule has 2 rings (SSSR count). The van der Waals surface area contributed by atoms with Crippen LogP contribution in [-0.2, 0) is 6.54 Å². The van der Waals surface area contributed by atoms with Crippen molar-refractivity contribution >= 4 is 22.5 Å². The minimum absolute atomic E-state index is 0.408. The average Bonchev–Trinajstić information content (AvgIpc) is 2.65. The van der Waals surface area contributed by atoms with Gasteiger partial charge in [-0.25, -0.2) is 0 Å². The van der Waals surface area contributed by atoms with Gasteiger partial charge in [0.25, 0.3) is 0 Å². The first-order chi connectivity index (χ1) is 8.08. The molecular formula is C13H17ClN2O. The van der Waals surface area contributed by atoms with Gasteiger partial charge >= 0.3 is 0 Å². The zero-order chi connectivity index (χ0) is 12.6. The number of methoxy groups -OCH3 is 1. The molecule has 0 aliphatic rings. The lowest BCUT2D eigenvalue weighted by atomic mass is 10.0. The van der Waals surface area contributed by atoms with Gasteiger partial charge in [-0.15, -0.1) is 0 Å². The SMILES string of the molecule is COc1cc2c(CN)c(C(C)C)[nH]c2cc1Cl. The first-order valence-corrected chi connectivity index (χ1v) is 6.04. The summed E-state index contributed by atoms with van der Waals surface area (Å²) in [5.74, 6) is 1.09. The number of nitrogens with one attached hydrogen (secondary N) is 1. The van der Waals surface area contributed by atoms with Gasteiger partial charge in [-0.1, -0.05) is 25.4 Å². The van der Waals surface area contributed by atoms with Gasteiger partial charge in [0.15, 0.2) is 0 Å². The molecule has 0 radical (unpaired) electrons. The minimum atomic E-state index is 0.408. The average molecular weight is 253 g/mol. The van der Waals surface area contributed by atoms with Crippen molar-refractivity contribution in [1.82, 2.24) is 4.98 Å². The van der Waals surface area contributed by atoms with E-state index in [0.717, 1.165) is 16.5 Å². The number of nitrogens with two attached hydrogens (primary N) is 1. The molecule has 0 spiro atoms. The summed E-state index contributed by atoms with van der Waals surface area (Å²) in [5.41, 5.74) is 9.17. The molecule has 3 N–H and O–H groups in total. The van der Waals surface area contributed by atoms with Gasteiger partial charge in [0, 0.05) is 23.1 Å². The molecule has 2 aromatic rings. The van der Waals surface area contributed by atoms with Crippen molar-refractivity contribution in [2.75, 3.05) is 7.11 Å². The summed E-state index contributed by atoms with van der Waals surface area (Å²) in [7, 11) is 1.62. The molecular weight excluding hydrogens is 236 g/mol. The van der Waals surface area contributed by atoms with Gasteiger partial charge in [0.2, 0.25) is 0 Å². The van der Waals surface area contributed by atoms with Crippen LogP contribution in [-0.4, -0.2) is 12.1 Å². The second kappa shape index (κ2) is 4.59. The van der Waals surface area contributed by atoms with Crippen molar-refractivity contribution < 1.29 is 4.74 Å². The quantitative estimate of drug-likeness (QED) is 0.880. The molecule has 0 bridgehead atoms. The third kappa shape index (κ3) is 2.01. The number of benzene rings is 1. The summed E-state index contributed by atoms with van der Waals surface area (Å²) in [5, 5.41) is 1.71. The topological polar surface area (TPSA) is 51.0 Å². The van der Waals surface area contributed by atoms with Gasteiger partial charge in [-0.05, 0) is 23.6 Å². The Morgan fingerprint density at radius 3 is 2.65 bits per heavy atom. The van der Waals surface area contributed by atoms with Crippen molar-refractivity contribution in [1.29, 1.82) is 0 Å². The molecule has 1 heterocycles. The molecule has 4 heteroatoms. The van der Waals surface area contributed by atoms with Crippen molar-refractivity contribution in [3.05, 3.63) is 28.4 Å². The van der Waals surface area contributed by atoms with E-state index < -0.39 is 0 Å². The molecule has 0 atom stereocenters. The second-order valence-corrected chi connectivity index (χ2v) is 4.82. The summed E-state index contributed by atoms with van der Waals surface area (Å²) in [4.78, 5) is 3.39. The van der Waals surface area contributed by atoms with Crippen LogP contribution in [0.2, 0.25) is 5.02 Å². The van der Waals surface area contributed by atoms with E-state index in [2.05, 4.69) is 18.8 Å². The molecule has 0 fully saturated rings. The Morgan fingerprint density at radius 1 is 1.41 bits per heavy atom. The number of rotatable bonds is 3. The molecule has 92 valence electrons. The lowest BCUT2D eigenvalue weighted by molar-refractivity contribution is 0.415. The van der Waals surface area contributed by atoms with Gasteiger partial charge in [-0.2, -0.15) is 0 Å². The second-order valence-electron chi connectivity index (χ2n) is 4.41. The van der Waals surface area contributed by atoms with E-state index >= 15 is 0 Å². The molecule has 0 amide bonds. The highest BCUT2D eigenvalue weighted by Gasteiger charge is 2.15. The highest BCUT2D eigenvalue weighted by Crippen LogP contribution is 2.34. The van der Waals surface area contributed by atoms with Gasteiger partial charge in [0.1, 0.15) is 5.75 Å². The Bertz CT molecular complexity index is 546. The van der Waals surface area contributed by atoms with E-state index in [1.165, 1.54) is 5.69 Å². The summed E-state index contributed by atoms with van der Waals surface area (Å²) < 4.78 is 5.24. The maximum absolute atomic E-state index is 6.11. The van der Waals surface area contributed by atoms with Gasteiger partial charge in [0.05, 0.1) is 12.1 Å². The van der Waals surface area contributed by atoms with Crippen molar-refractivity contribution in [3.63, 3.8) is 0 Å². The molecule has 1 aromatic carbocycles. The van der Waals surface area contributed by atoms with Crippen LogP contribution in [0.1, 0.15) is 31.0 Å². The molecule has 0 aliphatic heterocycles. The zero-order valence-corrected chi connectivity index (χ0v) is 11.1. The minimum Gasteiger partial charge on any atom is -0.495 e. The normalized spacial score (nSPS) is 11.4. The Labute approximate surface area is 106 Å². The first-order valence-electron chi connectivity index (χ1n) is 5.66. The van der Waals surface area contributed by atoms with Crippen LogP contribution in [0.5, 0.6) is 5.75 Å². The fraction of sp³-hybridized carbons (Fsp3) is 0.385. The maximum Gasteiger partial charge on any atom is 0.138 e. The standard InChI is InChI=1S/C13H17ClN2O/c1-7(2)13-9(6-15)8-4-12(17-3)10(14)5-11(8)16-13/h4-5,7,16H,6,15H2,1-3H3. The summed E-state index contributed by atoms with van der Waals surface area (Å²) in [6.45, 7) is 4.80. The predicted octanol–water partition coefficient (Wildman–Crippen LogP) is 3.41. The number of hydrogen-bond donors (Lipinski definition) is 2. The van der Waals surface area contributed by atoms with Crippen molar-refractivity contribution in [2.24, 2.45) is 5.73 Å². The Kier molecular flexibility index (Phi) is 3.31. The van der Waals surface area contributed by atoms with Crippen LogP contribution >= 0.6 is 11.6 Å². The van der Waals surface area contributed by atoms with Crippen LogP contribution in [0.4, 0.5) is 0 Å². The molecule has 3 nitrogen and oxygen atoms in total. The predicted molar refractivity (Wildman–Crippen MR) is 71.8 cm³/mol. The molecule has 1 aromatic heterocycles. The lowest BCUT2D eigenvalue weighted by Crippen LogP contribution is -2.01. The number of hydrogen-bond acceptors (Lipinski definition) is 2. The smallest absolute Gasteiger partial charge is 0.138 e.